The molecule has 20 heavy (non-hydrogen) atoms. The minimum absolute atomic E-state index is 0.120. The lowest BCUT2D eigenvalue weighted by Crippen LogP contribution is -2.40. The van der Waals surface area contributed by atoms with Crippen molar-refractivity contribution in [2.75, 3.05) is 12.8 Å². The number of nitrogens with two attached hydrogens (primary N) is 1. The van der Waals surface area contributed by atoms with Gasteiger partial charge in [-0.1, -0.05) is 11.3 Å². The number of nitro groups is 1. The average molecular weight is 321 g/mol. The van der Waals surface area contributed by atoms with E-state index in [9.17, 15) is 18.5 Å². The summed E-state index contributed by atoms with van der Waals surface area (Å²) in [7, 11) is -2.28. The molecule has 0 bridgehead atoms. The first-order valence-corrected chi connectivity index (χ1v) is 8.24. The van der Waals surface area contributed by atoms with Crippen LogP contribution in [-0.4, -0.2) is 32.6 Å². The van der Waals surface area contributed by atoms with E-state index in [0.29, 0.717) is 17.8 Å². The number of nitrogen functional groups attached to an aromatic ring is 1. The smallest absolute Gasteiger partial charge is 0.304 e. The zero-order valence-corrected chi connectivity index (χ0v) is 12.4. The molecule has 112 valence electrons. The molecule has 1 saturated carbocycles. The van der Waals surface area contributed by atoms with E-state index in [2.05, 4.69) is 4.72 Å². The van der Waals surface area contributed by atoms with Crippen molar-refractivity contribution < 1.29 is 18.1 Å². The van der Waals surface area contributed by atoms with Crippen LogP contribution >= 0.6 is 11.3 Å². The summed E-state index contributed by atoms with van der Waals surface area (Å²) >= 11 is 0.687. The van der Waals surface area contributed by atoms with Crippen LogP contribution in [0, 0.1) is 10.1 Å². The van der Waals surface area contributed by atoms with Crippen molar-refractivity contribution in [1.82, 2.24) is 4.72 Å². The number of ether oxygens (including phenoxy) is 1. The molecule has 2 atom stereocenters. The van der Waals surface area contributed by atoms with E-state index in [4.69, 9.17) is 10.5 Å². The zero-order chi connectivity index (χ0) is 14.9. The van der Waals surface area contributed by atoms with Gasteiger partial charge < -0.3 is 10.5 Å². The average Bonchev–Trinajstić information content (AvgIpc) is 2.95. The molecule has 0 spiro atoms. The normalized spacial score (nSPS) is 23.1. The number of anilines is 1. The van der Waals surface area contributed by atoms with Gasteiger partial charge in [0, 0.05) is 19.2 Å². The van der Waals surface area contributed by atoms with E-state index in [0.717, 1.165) is 18.9 Å². The maximum atomic E-state index is 12.2. The molecule has 0 saturated heterocycles. The third-order valence-electron chi connectivity index (χ3n) is 3.24. The van der Waals surface area contributed by atoms with Gasteiger partial charge in [-0.25, -0.2) is 13.1 Å². The van der Waals surface area contributed by atoms with Crippen molar-refractivity contribution in [3.8, 4) is 0 Å². The van der Waals surface area contributed by atoms with Crippen LogP contribution < -0.4 is 10.5 Å². The van der Waals surface area contributed by atoms with Crippen LogP contribution in [0.2, 0.25) is 0 Å². The molecule has 2 unspecified atom stereocenters. The molecule has 8 nitrogen and oxygen atoms in total. The molecular formula is C10H15N3O5S2. The number of nitrogens with zero attached hydrogens (tertiary/aromatic N) is 1. The maximum Gasteiger partial charge on any atom is 0.304 e. The van der Waals surface area contributed by atoms with Crippen molar-refractivity contribution in [1.29, 1.82) is 0 Å². The van der Waals surface area contributed by atoms with Gasteiger partial charge in [0.05, 0.1) is 11.0 Å². The van der Waals surface area contributed by atoms with E-state index >= 15 is 0 Å². The minimum Gasteiger partial charge on any atom is -0.385 e. The lowest BCUT2D eigenvalue weighted by atomic mass is 10.2. The second-order valence-corrected chi connectivity index (χ2v) is 7.53. The summed E-state index contributed by atoms with van der Waals surface area (Å²) in [5.74, 6) is 0. The van der Waals surface area contributed by atoms with Gasteiger partial charge in [0.15, 0.2) is 5.00 Å². The molecule has 1 aromatic rings. The Morgan fingerprint density at radius 3 is 2.80 bits per heavy atom. The van der Waals surface area contributed by atoms with Gasteiger partial charge in [-0.2, -0.15) is 0 Å². The third-order valence-corrected chi connectivity index (χ3v) is 6.16. The fraction of sp³-hybridized carbons (Fsp3) is 0.600. The predicted molar refractivity (Wildman–Crippen MR) is 74.1 cm³/mol. The predicted octanol–water partition coefficient (Wildman–Crippen LogP) is 1.08. The highest BCUT2D eigenvalue weighted by Crippen LogP contribution is 2.35. The monoisotopic (exact) mass is 321 g/mol. The third kappa shape index (κ3) is 2.92. The van der Waals surface area contributed by atoms with E-state index < -0.39 is 14.9 Å². The Hall–Kier alpha value is -1.23. The summed E-state index contributed by atoms with van der Waals surface area (Å²) in [5, 5.41) is 10.6. The number of nitrogens with one attached hydrogen (secondary N) is 1. The highest BCUT2D eigenvalue weighted by atomic mass is 32.2. The first-order chi connectivity index (χ1) is 9.35. The lowest BCUT2D eigenvalue weighted by molar-refractivity contribution is -0.383. The summed E-state index contributed by atoms with van der Waals surface area (Å²) in [6, 6.07) is 0.673. The lowest BCUT2D eigenvalue weighted by Gasteiger charge is -2.18. The molecule has 1 heterocycles. The van der Waals surface area contributed by atoms with Gasteiger partial charge in [0.1, 0.15) is 4.21 Å². The zero-order valence-electron chi connectivity index (χ0n) is 10.7. The minimum atomic E-state index is -3.82. The van der Waals surface area contributed by atoms with Crippen LogP contribution in [0.5, 0.6) is 0 Å². The highest BCUT2D eigenvalue weighted by molar-refractivity contribution is 7.91. The maximum absolute atomic E-state index is 12.2. The largest absolute Gasteiger partial charge is 0.385 e. The van der Waals surface area contributed by atoms with Crippen molar-refractivity contribution in [2.45, 2.75) is 35.6 Å². The molecule has 2 rings (SSSR count). The van der Waals surface area contributed by atoms with Crippen molar-refractivity contribution >= 4 is 32.0 Å². The number of rotatable bonds is 5. The summed E-state index contributed by atoms with van der Waals surface area (Å²) < 4.78 is 32.0. The molecule has 1 aliphatic rings. The Kier molecular flexibility index (Phi) is 4.28. The highest BCUT2D eigenvalue weighted by Gasteiger charge is 2.33. The second kappa shape index (κ2) is 5.64. The molecular weight excluding hydrogens is 306 g/mol. The Bertz CT molecular complexity index is 612. The number of hydrogen-bond donors (Lipinski definition) is 2. The number of sulfonamides is 1. The van der Waals surface area contributed by atoms with Gasteiger partial charge in [-0.3, -0.25) is 10.1 Å². The van der Waals surface area contributed by atoms with Gasteiger partial charge >= 0.3 is 5.69 Å². The van der Waals surface area contributed by atoms with E-state index in [-0.39, 0.29) is 27.0 Å². The quantitative estimate of drug-likeness (QED) is 0.617. The van der Waals surface area contributed by atoms with E-state index in [1.54, 1.807) is 0 Å². The molecule has 0 aliphatic heterocycles. The number of methoxy groups -OCH3 is 1. The number of hydrogen-bond acceptors (Lipinski definition) is 7. The van der Waals surface area contributed by atoms with Crippen molar-refractivity contribution in [2.24, 2.45) is 0 Å². The standard InChI is InChI=1S/C10H15N3O5S2/c1-18-8-4-2-3-6(8)12-20(16,17)9-5-7(13(14)15)10(11)19-9/h5-6,8,12H,2-4,11H2,1H3. The molecule has 0 amide bonds. The Morgan fingerprint density at radius 1 is 1.55 bits per heavy atom. The SMILES string of the molecule is COC1CCCC1NS(=O)(=O)c1cc([N+](=O)[O-])c(N)s1. The van der Waals surface area contributed by atoms with Crippen LogP contribution in [0.3, 0.4) is 0 Å². The fourth-order valence-corrected chi connectivity index (χ4v) is 4.78. The van der Waals surface area contributed by atoms with E-state index in [1.165, 1.54) is 7.11 Å². The van der Waals surface area contributed by atoms with Crippen LogP contribution in [0.15, 0.2) is 10.3 Å². The Balaban J connectivity index is 2.22. The topological polar surface area (TPSA) is 125 Å². The second-order valence-electron chi connectivity index (χ2n) is 4.50. The van der Waals surface area contributed by atoms with Crippen LogP contribution in [-0.2, 0) is 14.8 Å². The number of thiophene rings is 1. The van der Waals surface area contributed by atoms with Gasteiger partial charge in [-0.15, -0.1) is 0 Å². The van der Waals surface area contributed by atoms with Gasteiger partial charge in [0.2, 0.25) is 0 Å². The van der Waals surface area contributed by atoms with Crippen LogP contribution in [0.4, 0.5) is 10.7 Å². The van der Waals surface area contributed by atoms with Gasteiger partial charge in [-0.05, 0) is 19.3 Å². The summed E-state index contributed by atoms with van der Waals surface area (Å²) in [6.07, 6.45) is 2.17. The van der Waals surface area contributed by atoms with Crippen LogP contribution in [0.25, 0.3) is 0 Å². The summed E-state index contributed by atoms with van der Waals surface area (Å²) in [6.45, 7) is 0. The molecule has 3 N–H and O–H groups in total. The first-order valence-electron chi connectivity index (χ1n) is 5.94. The Morgan fingerprint density at radius 2 is 2.25 bits per heavy atom. The van der Waals surface area contributed by atoms with Gasteiger partial charge in [0.25, 0.3) is 10.0 Å². The molecule has 1 aromatic heterocycles. The molecule has 10 heteroatoms. The fourth-order valence-electron chi connectivity index (χ4n) is 2.25. The van der Waals surface area contributed by atoms with Crippen LogP contribution in [0.1, 0.15) is 19.3 Å². The molecule has 1 fully saturated rings. The summed E-state index contributed by atoms with van der Waals surface area (Å²) in [4.78, 5) is 10.0. The Labute approximate surface area is 120 Å². The molecule has 0 radical (unpaired) electrons. The summed E-state index contributed by atoms with van der Waals surface area (Å²) in [5.41, 5.74) is 5.08. The van der Waals surface area contributed by atoms with Crippen molar-refractivity contribution in [3.05, 3.63) is 16.2 Å². The van der Waals surface area contributed by atoms with E-state index in [1.807, 2.05) is 0 Å². The molecule has 0 aromatic carbocycles. The first kappa shape index (κ1) is 15.2. The molecule has 1 aliphatic carbocycles. The van der Waals surface area contributed by atoms with Crippen molar-refractivity contribution in [3.63, 3.8) is 0 Å².